The van der Waals surface area contributed by atoms with E-state index in [1.807, 2.05) is 18.4 Å². The molecule has 1 N–H and O–H groups in total. The van der Waals surface area contributed by atoms with Gasteiger partial charge in [-0.05, 0) is 49.2 Å². The molecule has 0 aliphatic heterocycles. The Balaban J connectivity index is 2.11. The number of methoxy groups -OCH3 is 1. The molecule has 2 nitrogen and oxygen atoms in total. The molecule has 1 aromatic carbocycles. The summed E-state index contributed by atoms with van der Waals surface area (Å²) in [5.74, 6) is 0. The summed E-state index contributed by atoms with van der Waals surface area (Å²) >= 11 is 1.83. The first-order valence-electron chi connectivity index (χ1n) is 6.39. The third kappa shape index (κ3) is 3.10. The second-order valence-corrected chi connectivity index (χ2v) is 5.64. The SMILES string of the molecule is CNC(Cc1csc2ccccc12)CC(C)OC. The van der Waals surface area contributed by atoms with Gasteiger partial charge in [0.15, 0.2) is 0 Å². The molecule has 0 amide bonds. The van der Waals surface area contributed by atoms with Crippen LogP contribution < -0.4 is 5.32 Å². The van der Waals surface area contributed by atoms with Crippen molar-refractivity contribution in [2.75, 3.05) is 14.2 Å². The lowest BCUT2D eigenvalue weighted by Gasteiger charge is -2.19. The fourth-order valence-corrected chi connectivity index (χ4v) is 3.23. The quantitative estimate of drug-likeness (QED) is 0.862. The molecule has 0 radical (unpaired) electrons. The monoisotopic (exact) mass is 263 g/mol. The van der Waals surface area contributed by atoms with Crippen LogP contribution in [0.15, 0.2) is 29.6 Å². The Labute approximate surface area is 113 Å². The Morgan fingerprint density at radius 3 is 2.83 bits per heavy atom. The molecule has 1 aromatic heterocycles. The van der Waals surface area contributed by atoms with Gasteiger partial charge in [0.25, 0.3) is 0 Å². The molecule has 98 valence electrons. The van der Waals surface area contributed by atoms with Crippen LogP contribution in [0.25, 0.3) is 10.1 Å². The van der Waals surface area contributed by atoms with Crippen LogP contribution in [0.1, 0.15) is 18.9 Å². The highest BCUT2D eigenvalue weighted by molar-refractivity contribution is 7.17. The number of nitrogens with one attached hydrogen (secondary N) is 1. The minimum Gasteiger partial charge on any atom is -0.382 e. The molecule has 0 spiro atoms. The Morgan fingerprint density at radius 2 is 2.11 bits per heavy atom. The Bertz CT molecular complexity index is 494. The summed E-state index contributed by atoms with van der Waals surface area (Å²) in [5.41, 5.74) is 1.44. The Kier molecular flexibility index (Phi) is 4.75. The molecule has 0 bridgehead atoms. The van der Waals surface area contributed by atoms with Crippen molar-refractivity contribution in [2.24, 2.45) is 0 Å². The molecule has 0 saturated carbocycles. The highest BCUT2D eigenvalue weighted by Gasteiger charge is 2.14. The molecule has 0 fully saturated rings. The fourth-order valence-electron chi connectivity index (χ4n) is 2.26. The second kappa shape index (κ2) is 6.32. The van der Waals surface area contributed by atoms with Crippen LogP contribution in [0, 0.1) is 0 Å². The average molecular weight is 263 g/mol. The number of thiophene rings is 1. The number of rotatable bonds is 6. The van der Waals surface area contributed by atoms with Gasteiger partial charge in [0.05, 0.1) is 6.10 Å². The van der Waals surface area contributed by atoms with E-state index in [0.29, 0.717) is 12.1 Å². The van der Waals surface area contributed by atoms with Gasteiger partial charge < -0.3 is 10.1 Å². The van der Waals surface area contributed by atoms with E-state index in [1.54, 1.807) is 7.11 Å². The van der Waals surface area contributed by atoms with E-state index < -0.39 is 0 Å². The largest absolute Gasteiger partial charge is 0.382 e. The number of likely N-dealkylation sites (N-methyl/N-ethyl adjacent to an activating group) is 1. The van der Waals surface area contributed by atoms with Crippen LogP contribution >= 0.6 is 11.3 Å². The van der Waals surface area contributed by atoms with Crippen LogP contribution in [0.3, 0.4) is 0 Å². The zero-order valence-electron chi connectivity index (χ0n) is 11.3. The van der Waals surface area contributed by atoms with E-state index in [9.17, 15) is 0 Å². The molecular formula is C15H21NOS. The highest BCUT2D eigenvalue weighted by atomic mass is 32.1. The number of ether oxygens (including phenoxy) is 1. The molecule has 18 heavy (non-hydrogen) atoms. The molecule has 0 aliphatic carbocycles. The van der Waals surface area contributed by atoms with Crippen molar-refractivity contribution < 1.29 is 4.74 Å². The lowest BCUT2D eigenvalue weighted by molar-refractivity contribution is 0.101. The first-order valence-corrected chi connectivity index (χ1v) is 7.27. The molecule has 0 saturated heterocycles. The number of hydrogen-bond acceptors (Lipinski definition) is 3. The van der Waals surface area contributed by atoms with Crippen LogP contribution in [0.4, 0.5) is 0 Å². The Hall–Kier alpha value is -0.900. The fraction of sp³-hybridized carbons (Fsp3) is 0.467. The normalized spacial score (nSPS) is 14.8. The highest BCUT2D eigenvalue weighted by Crippen LogP contribution is 2.27. The molecule has 2 unspecified atom stereocenters. The van der Waals surface area contributed by atoms with Gasteiger partial charge in [0.1, 0.15) is 0 Å². The van der Waals surface area contributed by atoms with E-state index in [0.717, 1.165) is 12.8 Å². The van der Waals surface area contributed by atoms with Crippen LogP contribution in [-0.2, 0) is 11.2 Å². The van der Waals surface area contributed by atoms with Crippen molar-refractivity contribution in [1.29, 1.82) is 0 Å². The third-order valence-corrected chi connectivity index (χ3v) is 4.47. The summed E-state index contributed by atoms with van der Waals surface area (Å²) in [6, 6.07) is 9.09. The van der Waals surface area contributed by atoms with Crippen molar-refractivity contribution in [3.05, 3.63) is 35.2 Å². The molecule has 2 atom stereocenters. The van der Waals surface area contributed by atoms with Crippen molar-refractivity contribution in [1.82, 2.24) is 5.32 Å². The van der Waals surface area contributed by atoms with Crippen molar-refractivity contribution in [2.45, 2.75) is 31.9 Å². The van der Waals surface area contributed by atoms with Gasteiger partial charge >= 0.3 is 0 Å². The first-order chi connectivity index (χ1) is 8.74. The molecule has 3 heteroatoms. The number of benzene rings is 1. The van der Waals surface area contributed by atoms with E-state index in [4.69, 9.17) is 4.74 Å². The molecule has 2 aromatic rings. The second-order valence-electron chi connectivity index (χ2n) is 4.73. The van der Waals surface area contributed by atoms with Crippen LogP contribution in [0.2, 0.25) is 0 Å². The topological polar surface area (TPSA) is 21.3 Å². The van der Waals surface area contributed by atoms with Gasteiger partial charge in [-0.25, -0.2) is 0 Å². The summed E-state index contributed by atoms with van der Waals surface area (Å²) in [4.78, 5) is 0. The molecular weight excluding hydrogens is 242 g/mol. The maximum absolute atomic E-state index is 5.35. The summed E-state index contributed by atoms with van der Waals surface area (Å²) in [5, 5.41) is 7.08. The predicted octanol–water partition coefficient (Wildman–Crippen LogP) is 3.46. The lowest BCUT2D eigenvalue weighted by atomic mass is 10.0. The molecule has 2 rings (SSSR count). The summed E-state index contributed by atoms with van der Waals surface area (Å²) < 4.78 is 6.73. The first kappa shape index (κ1) is 13.5. The number of fused-ring (bicyclic) bond motifs is 1. The van der Waals surface area contributed by atoms with Gasteiger partial charge in [0.2, 0.25) is 0 Å². The summed E-state index contributed by atoms with van der Waals surface area (Å²) in [6.07, 6.45) is 2.40. The van der Waals surface area contributed by atoms with E-state index in [-0.39, 0.29) is 0 Å². The summed E-state index contributed by atoms with van der Waals surface area (Å²) in [6.45, 7) is 2.12. The van der Waals surface area contributed by atoms with Crippen LogP contribution in [0.5, 0.6) is 0 Å². The van der Waals surface area contributed by atoms with E-state index >= 15 is 0 Å². The predicted molar refractivity (Wildman–Crippen MR) is 79.5 cm³/mol. The summed E-state index contributed by atoms with van der Waals surface area (Å²) in [7, 11) is 3.80. The van der Waals surface area contributed by atoms with Crippen LogP contribution in [-0.4, -0.2) is 26.3 Å². The maximum Gasteiger partial charge on any atom is 0.0558 e. The van der Waals surface area contributed by atoms with Crippen molar-refractivity contribution >= 4 is 21.4 Å². The van der Waals surface area contributed by atoms with Crippen molar-refractivity contribution in [3.63, 3.8) is 0 Å². The number of hydrogen-bond donors (Lipinski definition) is 1. The molecule has 1 heterocycles. The minimum absolute atomic E-state index is 0.298. The van der Waals surface area contributed by atoms with Gasteiger partial charge in [-0.3, -0.25) is 0 Å². The maximum atomic E-state index is 5.35. The van der Waals surface area contributed by atoms with Gasteiger partial charge in [-0.15, -0.1) is 11.3 Å². The minimum atomic E-state index is 0.298. The third-order valence-electron chi connectivity index (χ3n) is 3.45. The van der Waals surface area contributed by atoms with E-state index in [1.165, 1.54) is 15.6 Å². The van der Waals surface area contributed by atoms with E-state index in [2.05, 4.69) is 41.9 Å². The average Bonchev–Trinajstić information content (AvgIpc) is 2.81. The smallest absolute Gasteiger partial charge is 0.0558 e. The zero-order valence-corrected chi connectivity index (χ0v) is 12.1. The van der Waals surface area contributed by atoms with Crippen molar-refractivity contribution in [3.8, 4) is 0 Å². The standard InChI is InChI=1S/C15H21NOS/c1-11(17-3)8-13(16-2)9-12-10-18-15-7-5-4-6-14(12)15/h4-7,10-11,13,16H,8-9H2,1-3H3. The molecule has 0 aliphatic rings. The zero-order chi connectivity index (χ0) is 13.0. The van der Waals surface area contributed by atoms with Gasteiger partial charge in [-0.2, -0.15) is 0 Å². The Morgan fingerprint density at radius 1 is 1.33 bits per heavy atom. The van der Waals surface area contributed by atoms with Gasteiger partial charge in [-0.1, -0.05) is 18.2 Å². The lowest BCUT2D eigenvalue weighted by Crippen LogP contribution is -2.31. The van der Waals surface area contributed by atoms with Gasteiger partial charge in [0, 0.05) is 17.9 Å².